The molecule has 0 bridgehead atoms. The summed E-state index contributed by atoms with van der Waals surface area (Å²) in [5.74, 6) is -0.515. The summed E-state index contributed by atoms with van der Waals surface area (Å²) in [6, 6.07) is 14.4. The van der Waals surface area contributed by atoms with Gasteiger partial charge in [0.1, 0.15) is 11.6 Å². The molecular weight excluding hydrogens is 433 g/mol. The Bertz CT molecular complexity index is 1150. The Kier molecular flexibility index (Phi) is 7.65. The van der Waals surface area contributed by atoms with Crippen molar-refractivity contribution in [2.75, 3.05) is 7.11 Å². The summed E-state index contributed by atoms with van der Waals surface area (Å²) in [4.78, 5) is 0. The fourth-order valence-electron chi connectivity index (χ4n) is 5.33. The molecule has 0 aromatic heterocycles. The van der Waals surface area contributed by atoms with Crippen LogP contribution in [0.5, 0.6) is 5.75 Å². The maximum atomic E-state index is 15.0. The average Bonchev–Trinajstić information content (AvgIpc) is 2.85. The molecular formula is C30H33F3O. The maximum absolute atomic E-state index is 15.0. The van der Waals surface area contributed by atoms with Gasteiger partial charge in [0.25, 0.3) is 0 Å². The summed E-state index contributed by atoms with van der Waals surface area (Å²) in [6.07, 6.45) is 6.02. The van der Waals surface area contributed by atoms with E-state index in [1.807, 2.05) is 37.3 Å². The minimum absolute atomic E-state index is 0.206. The van der Waals surface area contributed by atoms with Crippen molar-refractivity contribution in [1.82, 2.24) is 0 Å². The van der Waals surface area contributed by atoms with Crippen LogP contribution in [0.25, 0.3) is 11.1 Å². The summed E-state index contributed by atoms with van der Waals surface area (Å²) in [6.45, 7) is 4.02. The van der Waals surface area contributed by atoms with Crippen molar-refractivity contribution in [1.29, 1.82) is 0 Å². The molecule has 1 saturated carbocycles. The first kappa shape index (κ1) is 24.4. The van der Waals surface area contributed by atoms with Crippen LogP contribution in [0.3, 0.4) is 0 Å². The zero-order chi connectivity index (χ0) is 24.2. The fourth-order valence-corrected chi connectivity index (χ4v) is 5.33. The lowest BCUT2D eigenvalue weighted by Crippen LogP contribution is -2.15. The Balaban J connectivity index is 1.38. The molecule has 0 atom stereocenters. The summed E-state index contributed by atoms with van der Waals surface area (Å²) < 4.78 is 49.5. The third-order valence-electron chi connectivity index (χ3n) is 7.47. The molecule has 0 radical (unpaired) electrons. The highest BCUT2D eigenvalue weighted by atomic mass is 19.2. The lowest BCUT2D eigenvalue weighted by atomic mass is 9.76. The van der Waals surface area contributed by atoms with Gasteiger partial charge in [-0.25, -0.2) is 13.2 Å². The van der Waals surface area contributed by atoms with Crippen LogP contribution < -0.4 is 4.74 Å². The number of ether oxygens (including phenoxy) is 1. The molecule has 180 valence electrons. The highest BCUT2D eigenvalue weighted by Crippen LogP contribution is 2.39. The monoisotopic (exact) mass is 466 g/mol. The van der Waals surface area contributed by atoms with E-state index in [4.69, 9.17) is 4.74 Å². The van der Waals surface area contributed by atoms with Crippen molar-refractivity contribution in [2.24, 2.45) is 5.92 Å². The van der Waals surface area contributed by atoms with E-state index in [-0.39, 0.29) is 11.7 Å². The van der Waals surface area contributed by atoms with Gasteiger partial charge < -0.3 is 4.74 Å². The molecule has 1 nitrogen and oxygen atoms in total. The van der Waals surface area contributed by atoms with Crippen molar-refractivity contribution in [3.8, 4) is 16.9 Å². The first-order valence-electron chi connectivity index (χ1n) is 12.3. The normalized spacial score (nSPS) is 18.2. The van der Waals surface area contributed by atoms with Crippen molar-refractivity contribution in [3.63, 3.8) is 0 Å². The zero-order valence-corrected chi connectivity index (χ0v) is 20.3. The Labute approximate surface area is 201 Å². The van der Waals surface area contributed by atoms with Gasteiger partial charge in [-0.1, -0.05) is 43.3 Å². The van der Waals surface area contributed by atoms with Crippen LogP contribution in [0.2, 0.25) is 0 Å². The van der Waals surface area contributed by atoms with Crippen molar-refractivity contribution in [2.45, 2.75) is 64.7 Å². The summed E-state index contributed by atoms with van der Waals surface area (Å²) in [7, 11) is 1.53. The van der Waals surface area contributed by atoms with Gasteiger partial charge in [0.05, 0.1) is 7.11 Å². The van der Waals surface area contributed by atoms with Crippen molar-refractivity contribution in [3.05, 3.63) is 88.2 Å². The van der Waals surface area contributed by atoms with Crippen LogP contribution in [-0.4, -0.2) is 7.11 Å². The van der Waals surface area contributed by atoms with Gasteiger partial charge in [-0.3, -0.25) is 0 Å². The van der Waals surface area contributed by atoms with Crippen LogP contribution in [0.1, 0.15) is 67.2 Å². The van der Waals surface area contributed by atoms with E-state index in [1.54, 1.807) is 12.1 Å². The van der Waals surface area contributed by atoms with E-state index in [2.05, 4.69) is 6.92 Å². The van der Waals surface area contributed by atoms with Gasteiger partial charge in [-0.05, 0) is 97.6 Å². The summed E-state index contributed by atoms with van der Waals surface area (Å²) >= 11 is 0. The van der Waals surface area contributed by atoms with E-state index >= 15 is 0 Å². The van der Waals surface area contributed by atoms with Crippen LogP contribution in [0.15, 0.2) is 48.5 Å². The molecule has 1 aliphatic carbocycles. The van der Waals surface area contributed by atoms with Gasteiger partial charge in [0.15, 0.2) is 11.6 Å². The zero-order valence-electron chi connectivity index (χ0n) is 20.3. The lowest BCUT2D eigenvalue weighted by Gasteiger charge is -2.29. The Morgan fingerprint density at radius 1 is 0.853 bits per heavy atom. The predicted molar refractivity (Wildman–Crippen MR) is 132 cm³/mol. The summed E-state index contributed by atoms with van der Waals surface area (Å²) in [5, 5.41) is 0. The van der Waals surface area contributed by atoms with Crippen molar-refractivity contribution < 1.29 is 17.9 Å². The average molecular weight is 467 g/mol. The highest BCUT2D eigenvalue weighted by Gasteiger charge is 2.25. The topological polar surface area (TPSA) is 9.23 Å². The fraction of sp³-hybridized carbons (Fsp3) is 0.400. The van der Waals surface area contributed by atoms with E-state index in [0.29, 0.717) is 29.2 Å². The number of methoxy groups -OCH3 is 1. The Hall–Kier alpha value is -2.75. The molecule has 3 aromatic rings. The van der Waals surface area contributed by atoms with Gasteiger partial charge in [0, 0.05) is 11.6 Å². The lowest BCUT2D eigenvalue weighted by molar-refractivity contribution is 0.305. The first-order chi connectivity index (χ1) is 16.4. The standard InChI is InChI=1S/C30H33F3O/c1-4-20-8-14-25(19(2)17-20)27-15-12-23(29(32)30(27)33)11-7-21-5-9-22(10-6-21)26-16-13-24(34-3)18-28(26)31/h8,12-18,21-22H,4-7,9-11H2,1-3H3. The predicted octanol–water partition coefficient (Wildman–Crippen LogP) is 8.56. The van der Waals surface area contributed by atoms with E-state index in [9.17, 15) is 13.2 Å². The van der Waals surface area contributed by atoms with Gasteiger partial charge in [-0.15, -0.1) is 0 Å². The molecule has 3 aromatic carbocycles. The molecule has 0 spiro atoms. The molecule has 34 heavy (non-hydrogen) atoms. The van der Waals surface area contributed by atoms with Gasteiger partial charge in [0.2, 0.25) is 0 Å². The van der Waals surface area contributed by atoms with E-state index < -0.39 is 11.6 Å². The van der Waals surface area contributed by atoms with Crippen LogP contribution in [-0.2, 0) is 12.8 Å². The maximum Gasteiger partial charge on any atom is 0.166 e. The Morgan fingerprint density at radius 2 is 1.59 bits per heavy atom. The van der Waals surface area contributed by atoms with Gasteiger partial charge >= 0.3 is 0 Å². The molecule has 0 saturated heterocycles. The SMILES string of the molecule is CCc1ccc(-c2ccc(CCC3CCC(c4ccc(OC)cc4F)CC3)c(F)c2F)c(C)c1. The number of aryl methyl sites for hydroxylation is 3. The van der Waals surface area contributed by atoms with E-state index in [1.165, 1.54) is 18.7 Å². The minimum Gasteiger partial charge on any atom is -0.497 e. The number of halogens is 3. The molecule has 1 fully saturated rings. The first-order valence-corrected chi connectivity index (χ1v) is 12.3. The molecule has 0 amide bonds. The second kappa shape index (κ2) is 10.7. The second-order valence-corrected chi connectivity index (χ2v) is 9.55. The molecule has 1 aliphatic rings. The third-order valence-corrected chi connectivity index (χ3v) is 7.47. The van der Waals surface area contributed by atoms with Gasteiger partial charge in [-0.2, -0.15) is 0 Å². The number of hydrogen-bond acceptors (Lipinski definition) is 1. The molecule has 0 unspecified atom stereocenters. The number of hydrogen-bond donors (Lipinski definition) is 0. The third kappa shape index (κ3) is 5.16. The minimum atomic E-state index is -0.761. The van der Waals surface area contributed by atoms with Crippen molar-refractivity contribution >= 4 is 0 Å². The largest absolute Gasteiger partial charge is 0.497 e. The summed E-state index contributed by atoms with van der Waals surface area (Å²) in [5.41, 5.74) is 4.39. The highest BCUT2D eigenvalue weighted by molar-refractivity contribution is 5.68. The molecule has 4 rings (SSSR count). The molecule has 4 heteroatoms. The molecule has 0 heterocycles. The number of benzene rings is 3. The van der Waals surface area contributed by atoms with Crippen LogP contribution in [0, 0.1) is 30.3 Å². The quantitative estimate of drug-likeness (QED) is 0.339. The molecule has 0 aliphatic heterocycles. The smallest absolute Gasteiger partial charge is 0.166 e. The van der Waals surface area contributed by atoms with Crippen LogP contribution in [0.4, 0.5) is 13.2 Å². The van der Waals surface area contributed by atoms with Crippen LogP contribution >= 0.6 is 0 Å². The second-order valence-electron chi connectivity index (χ2n) is 9.55. The number of rotatable bonds is 7. The molecule has 0 N–H and O–H groups in total. The Morgan fingerprint density at radius 3 is 2.24 bits per heavy atom. The van der Waals surface area contributed by atoms with E-state index in [0.717, 1.165) is 55.2 Å².